The Morgan fingerprint density at radius 1 is 1.47 bits per heavy atom. The van der Waals surface area contributed by atoms with Gasteiger partial charge in [0, 0.05) is 5.92 Å². The monoisotopic (exact) mass is 299 g/mol. The Kier molecular flexibility index (Phi) is 3.61. The van der Waals surface area contributed by atoms with Crippen LogP contribution in [-0.4, -0.2) is 15.9 Å². The van der Waals surface area contributed by atoms with Crippen molar-refractivity contribution >= 4 is 21.8 Å². The van der Waals surface area contributed by atoms with Gasteiger partial charge in [0.15, 0.2) is 0 Å². The van der Waals surface area contributed by atoms with Gasteiger partial charge in [-0.25, -0.2) is 4.98 Å². The summed E-state index contributed by atoms with van der Waals surface area (Å²) in [4.78, 5) is 29.5. The number of primary amides is 1. The molecule has 1 fully saturated rings. The molecular weight excluding hydrogens is 286 g/mol. The molecule has 1 aromatic rings. The topological polar surface area (TPSA) is 88.8 Å². The van der Waals surface area contributed by atoms with Crippen LogP contribution in [0.2, 0.25) is 0 Å². The molecule has 17 heavy (non-hydrogen) atoms. The molecule has 0 spiro atoms. The van der Waals surface area contributed by atoms with Crippen molar-refractivity contribution in [3.05, 3.63) is 26.3 Å². The third-order valence-electron chi connectivity index (χ3n) is 3.02. The van der Waals surface area contributed by atoms with E-state index in [2.05, 4.69) is 25.9 Å². The van der Waals surface area contributed by atoms with Crippen LogP contribution in [0.3, 0.4) is 0 Å². The van der Waals surface area contributed by atoms with Crippen molar-refractivity contribution in [2.75, 3.05) is 0 Å². The molecule has 1 aliphatic rings. The van der Waals surface area contributed by atoms with Gasteiger partial charge in [-0.2, -0.15) is 0 Å². The second kappa shape index (κ2) is 5.00. The second-order valence-electron chi connectivity index (χ2n) is 4.34. The molecular formula is C11H14BrN3O2. The molecule has 1 amide bonds. The highest BCUT2D eigenvalue weighted by atomic mass is 79.9. The zero-order chi connectivity index (χ0) is 12.4. The van der Waals surface area contributed by atoms with Crippen LogP contribution >= 0.6 is 15.9 Å². The number of nitrogens with zero attached hydrogens (tertiary/aromatic N) is 1. The highest BCUT2D eigenvalue weighted by Crippen LogP contribution is 2.35. The van der Waals surface area contributed by atoms with Crippen LogP contribution < -0.4 is 11.3 Å². The molecule has 6 heteroatoms. The van der Waals surface area contributed by atoms with E-state index in [0.717, 1.165) is 31.4 Å². The average molecular weight is 300 g/mol. The first-order valence-corrected chi connectivity index (χ1v) is 6.44. The Bertz CT molecular complexity index is 492. The SMILES string of the molecule is NC(=O)Cc1nc(C2CCCC2)c(Br)c(=O)[nH]1. The standard InChI is InChI=1S/C11H14BrN3O2/c12-9-10(6-3-1-2-4-6)14-8(5-7(13)16)15-11(9)17/h6H,1-5H2,(H2,13,16)(H,14,15,17). The number of carbonyl (C=O) groups is 1. The van der Waals surface area contributed by atoms with Crippen LogP contribution in [0.15, 0.2) is 9.27 Å². The van der Waals surface area contributed by atoms with Crippen LogP contribution in [0.25, 0.3) is 0 Å². The van der Waals surface area contributed by atoms with Gasteiger partial charge < -0.3 is 10.7 Å². The Hall–Kier alpha value is -1.17. The smallest absolute Gasteiger partial charge is 0.265 e. The lowest BCUT2D eigenvalue weighted by Gasteiger charge is -2.11. The third-order valence-corrected chi connectivity index (χ3v) is 3.79. The van der Waals surface area contributed by atoms with E-state index in [1.165, 1.54) is 0 Å². The summed E-state index contributed by atoms with van der Waals surface area (Å²) in [6, 6.07) is 0. The van der Waals surface area contributed by atoms with Crippen molar-refractivity contribution in [1.82, 2.24) is 9.97 Å². The van der Waals surface area contributed by atoms with Gasteiger partial charge in [0.05, 0.1) is 12.1 Å². The summed E-state index contributed by atoms with van der Waals surface area (Å²) < 4.78 is 0.484. The van der Waals surface area contributed by atoms with Crippen LogP contribution in [-0.2, 0) is 11.2 Å². The average Bonchev–Trinajstić information content (AvgIpc) is 2.75. The maximum absolute atomic E-state index is 11.7. The fourth-order valence-electron chi connectivity index (χ4n) is 2.24. The van der Waals surface area contributed by atoms with E-state index in [-0.39, 0.29) is 12.0 Å². The van der Waals surface area contributed by atoms with E-state index in [9.17, 15) is 9.59 Å². The predicted octanol–water partition coefficient (Wildman–Crippen LogP) is 1.22. The van der Waals surface area contributed by atoms with Crippen molar-refractivity contribution in [1.29, 1.82) is 0 Å². The minimum atomic E-state index is -0.493. The summed E-state index contributed by atoms with van der Waals surface area (Å²) in [5.74, 6) is 0.179. The number of hydrogen-bond acceptors (Lipinski definition) is 3. The second-order valence-corrected chi connectivity index (χ2v) is 5.13. The van der Waals surface area contributed by atoms with Gasteiger partial charge in [-0.15, -0.1) is 0 Å². The number of aromatic amines is 1. The molecule has 0 radical (unpaired) electrons. The molecule has 0 aromatic carbocycles. The maximum atomic E-state index is 11.7. The van der Waals surface area contributed by atoms with Crippen LogP contribution in [0.4, 0.5) is 0 Å². The van der Waals surface area contributed by atoms with Gasteiger partial charge in [-0.05, 0) is 28.8 Å². The number of amides is 1. The first-order chi connectivity index (χ1) is 8.08. The maximum Gasteiger partial charge on any atom is 0.265 e. The number of nitrogens with two attached hydrogens (primary N) is 1. The summed E-state index contributed by atoms with van der Waals surface area (Å²) in [5.41, 5.74) is 5.63. The number of nitrogens with one attached hydrogen (secondary N) is 1. The zero-order valence-corrected chi connectivity index (χ0v) is 10.9. The summed E-state index contributed by atoms with van der Waals surface area (Å²) >= 11 is 3.27. The molecule has 92 valence electrons. The molecule has 0 unspecified atom stereocenters. The highest BCUT2D eigenvalue weighted by molar-refractivity contribution is 9.10. The fourth-order valence-corrected chi connectivity index (χ4v) is 2.75. The first-order valence-electron chi connectivity index (χ1n) is 5.65. The third kappa shape index (κ3) is 2.74. The van der Waals surface area contributed by atoms with Gasteiger partial charge in [-0.3, -0.25) is 9.59 Å². The summed E-state index contributed by atoms with van der Waals surface area (Å²) in [6.07, 6.45) is 4.39. The molecule has 1 heterocycles. The van der Waals surface area contributed by atoms with E-state index in [1.807, 2.05) is 0 Å². The first kappa shape index (κ1) is 12.3. The lowest BCUT2D eigenvalue weighted by molar-refractivity contribution is -0.117. The molecule has 0 saturated heterocycles. The summed E-state index contributed by atoms with van der Waals surface area (Å²) in [7, 11) is 0. The van der Waals surface area contributed by atoms with Crippen LogP contribution in [0.5, 0.6) is 0 Å². The fraction of sp³-hybridized carbons (Fsp3) is 0.545. The Morgan fingerprint density at radius 2 is 2.12 bits per heavy atom. The molecule has 0 atom stereocenters. The lowest BCUT2D eigenvalue weighted by atomic mass is 10.0. The van der Waals surface area contributed by atoms with E-state index >= 15 is 0 Å². The lowest BCUT2D eigenvalue weighted by Crippen LogP contribution is -2.22. The van der Waals surface area contributed by atoms with Crippen molar-refractivity contribution in [2.24, 2.45) is 5.73 Å². The van der Waals surface area contributed by atoms with Crippen molar-refractivity contribution < 1.29 is 4.79 Å². The van der Waals surface area contributed by atoms with E-state index in [4.69, 9.17) is 5.73 Å². The van der Waals surface area contributed by atoms with Crippen LogP contribution in [0.1, 0.15) is 43.1 Å². The number of rotatable bonds is 3. The number of aromatic nitrogens is 2. The van der Waals surface area contributed by atoms with E-state index < -0.39 is 5.91 Å². The largest absolute Gasteiger partial charge is 0.369 e. The van der Waals surface area contributed by atoms with Gasteiger partial charge in [-0.1, -0.05) is 12.8 Å². The molecule has 5 nitrogen and oxygen atoms in total. The van der Waals surface area contributed by atoms with Gasteiger partial charge in [0.2, 0.25) is 5.91 Å². The Morgan fingerprint density at radius 3 is 2.71 bits per heavy atom. The van der Waals surface area contributed by atoms with Crippen molar-refractivity contribution in [3.8, 4) is 0 Å². The highest BCUT2D eigenvalue weighted by Gasteiger charge is 2.23. The van der Waals surface area contributed by atoms with Gasteiger partial charge in [0.25, 0.3) is 5.56 Å². The number of halogens is 1. The van der Waals surface area contributed by atoms with E-state index in [0.29, 0.717) is 16.2 Å². The quantitative estimate of drug-likeness (QED) is 0.879. The van der Waals surface area contributed by atoms with Gasteiger partial charge >= 0.3 is 0 Å². The van der Waals surface area contributed by atoms with Crippen LogP contribution in [0, 0.1) is 0 Å². The molecule has 0 bridgehead atoms. The molecule has 1 aromatic heterocycles. The predicted molar refractivity (Wildman–Crippen MR) is 66.7 cm³/mol. The number of hydrogen-bond donors (Lipinski definition) is 2. The summed E-state index contributed by atoms with van der Waals surface area (Å²) in [5, 5.41) is 0. The minimum absolute atomic E-state index is 0.0256. The van der Waals surface area contributed by atoms with Gasteiger partial charge in [0.1, 0.15) is 10.3 Å². The minimum Gasteiger partial charge on any atom is -0.369 e. The number of carbonyl (C=O) groups excluding carboxylic acids is 1. The summed E-state index contributed by atoms with van der Waals surface area (Å²) in [6.45, 7) is 0. The molecule has 3 N–H and O–H groups in total. The molecule has 0 aliphatic heterocycles. The number of H-pyrrole nitrogens is 1. The van der Waals surface area contributed by atoms with Crippen molar-refractivity contribution in [2.45, 2.75) is 38.0 Å². The van der Waals surface area contributed by atoms with E-state index in [1.54, 1.807) is 0 Å². The Labute approximate surface area is 107 Å². The molecule has 1 saturated carbocycles. The zero-order valence-electron chi connectivity index (χ0n) is 9.33. The normalized spacial score (nSPS) is 16.3. The molecule has 1 aliphatic carbocycles. The molecule has 2 rings (SSSR count). The Balaban J connectivity index is 2.39. The van der Waals surface area contributed by atoms with Crippen molar-refractivity contribution in [3.63, 3.8) is 0 Å².